The number of carbonyl (C=O) groups excluding carboxylic acids is 1. The molecule has 126 valence electrons. The average Bonchev–Trinajstić information content (AvgIpc) is 2.87. The zero-order valence-electron chi connectivity index (χ0n) is 12.8. The summed E-state index contributed by atoms with van der Waals surface area (Å²) in [5.74, 6) is -0.389. The van der Waals surface area contributed by atoms with E-state index in [2.05, 4.69) is 10.4 Å². The molecule has 0 unspecified atom stereocenters. The summed E-state index contributed by atoms with van der Waals surface area (Å²) in [7, 11) is 1.31. The largest absolute Gasteiger partial charge is 0.494 e. The van der Waals surface area contributed by atoms with Gasteiger partial charge in [-0.1, -0.05) is 0 Å². The summed E-state index contributed by atoms with van der Waals surface area (Å²) in [6, 6.07) is 3.74. The van der Waals surface area contributed by atoms with E-state index in [-0.39, 0.29) is 35.1 Å². The fourth-order valence-electron chi connectivity index (χ4n) is 2.00. The van der Waals surface area contributed by atoms with Gasteiger partial charge in [-0.25, -0.2) is 0 Å². The second-order valence-electron chi connectivity index (χ2n) is 4.74. The second kappa shape index (κ2) is 6.73. The third-order valence-corrected chi connectivity index (χ3v) is 3.09. The summed E-state index contributed by atoms with van der Waals surface area (Å²) < 4.78 is 6.15. The van der Waals surface area contributed by atoms with Crippen LogP contribution >= 0.6 is 0 Å². The highest BCUT2D eigenvalue weighted by atomic mass is 16.6. The van der Waals surface area contributed by atoms with Gasteiger partial charge in [0.05, 0.1) is 28.7 Å². The number of hydrogen-bond acceptors (Lipinski definition) is 7. The molecule has 0 aliphatic carbocycles. The van der Waals surface area contributed by atoms with Crippen LogP contribution < -0.4 is 10.1 Å². The summed E-state index contributed by atoms with van der Waals surface area (Å²) in [5.41, 5.74) is 0.0751. The number of ether oxygens (including phenoxy) is 1. The quantitative estimate of drug-likeness (QED) is 0.624. The van der Waals surface area contributed by atoms with E-state index in [1.54, 1.807) is 0 Å². The van der Waals surface area contributed by atoms with E-state index >= 15 is 0 Å². The predicted octanol–water partition coefficient (Wildman–Crippen LogP) is 1.66. The molecule has 11 heteroatoms. The van der Waals surface area contributed by atoms with Crippen LogP contribution in [0.4, 0.5) is 17.1 Å². The Bertz CT molecular complexity index is 815. The van der Waals surface area contributed by atoms with Crippen LogP contribution in [0.1, 0.15) is 5.69 Å². The maximum absolute atomic E-state index is 12.0. The monoisotopic (exact) mass is 335 g/mol. The fourth-order valence-corrected chi connectivity index (χ4v) is 2.00. The van der Waals surface area contributed by atoms with Crippen molar-refractivity contribution in [3.05, 3.63) is 50.3 Å². The van der Waals surface area contributed by atoms with E-state index < -0.39 is 15.8 Å². The van der Waals surface area contributed by atoms with E-state index in [1.807, 2.05) is 0 Å². The Labute approximate surface area is 135 Å². The Hall–Kier alpha value is -3.50. The molecule has 2 rings (SSSR count). The highest BCUT2D eigenvalue weighted by Gasteiger charge is 2.18. The molecule has 1 heterocycles. The van der Waals surface area contributed by atoms with Gasteiger partial charge in [-0.2, -0.15) is 5.10 Å². The summed E-state index contributed by atoms with van der Waals surface area (Å²) in [6.45, 7) is 1.21. The Kier molecular flexibility index (Phi) is 4.73. The van der Waals surface area contributed by atoms with Crippen molar-refractivity contribution in [2.45, 2.75) is 13.5 Å². The predicted molar refractivity (Wildman–Crippen MR) is 81.9 cm³/mol. The lowest BCUT2D eigenvalue weighted by molar-refractivity contribution is -0.385. The number of carbonyl (C=O) groups is 1. The molecular weight excluding hydrogens is 322 g/mol. The van der Waals surface area contributed by atoms with Gasteiger partial charge in [0.15, 0.2) is 0 Å². The van der Waals surface area contributed by atoms with Crippen molar-refractivity contribution in [3.8, 4) is 5.75 Å². The number of non-ortho nitro benzene ring substituents is 1. The van der Waals surface area contributed by atoms with E-state index in [1.165, 1.54) is 32.2 Å². The van der Waals surface area contributed by atoms with Gasteiger partial charge in [0.2, 0.25) is 5.91 Å². The van der Waals surface area contributed by atoms with Crippen LogP contribution in [0.25, 0.3) is 0 Å². The van der Waals surface area contributed by atoms with Crippen molar-refractivity contribution >= 4 is 23.0 Å². The third-order valence-electron chi connectivity index (χ3n) is 3.09. The van der Waals surface area contributed by atoms with Crippen LogP contribution in [0, 0.1) is 27.2 Å². The van der Waals surface area contributed by atoms with Crippen molar-refractivity contribution in [3.63, 3.8) is 0 Å². The molecule has 1 aromatic carbocycles. The highest BCUT2D eigenvalue weighted by molar-refractivity contribution is 5.92. The molecular formula is C13H13N5O6. The molecule has 0 spiro atoms. The van der Waals surface area contributed by atoms with Crippen molar-refractivity contribution in [1.29, 1.82) is 0 Å². The number of nitrogens with zero attached hydrogens (tertiary/aromatic N) is 4. The van der Waals surface area contributed by atoms with Crippen LogP contribution in [0.5, 0.6) is 5.75 Å². The first-order chi connectivity index (χ1) is 11.3. The van der Waals surface area contributed by atoms with Crippen molar-refractivity contribution in [2.24, 2.45) is 0 Å². The molecule has 24 heavy (non-hydrogen) atoms. The van der Waals surface area contributed by atoms with Crippen LogP contribution in [-0.2, 0) is 11.3 Å². The number of nitro benzene ring substituents is 1. The lowest BCUT2D eigenvalue weighted by Gasteiger charge is -2.09. The molecule has 1 aromatic heterocycles. The van der Waals surface area contributed by atoms with Gasteiger partial charge in [0.25, 0.3) is 5.69 Å². The summed E-state index contributed by atoms with van der Waals surface area (Å²) in [6.07, 6.45) is 1.15. The van der Waals surface area contributed by atoms with Gasteiger partial charge in [0, 0.05) is 6.07 Å². The van der Waals surface area contributed by atoms with Gasteiger partial charge < -0.3 is 10.1 Å². The zero-order valence-corrected chi connectivity index (χ0v) is 12.8. The van der Waals surface area contributed by atoms with Crippen LogP contribution in [-0.4, -0.2) is 32.6 Å². The molecule has 0 bridgehead atoms. The molecule has 1 amide bonds. The number of aryl methyl sites for hydroxylation is 1. The molecule has 11 nitrogen and oxygen atoms in total. The van der Waals surface area contributed by atoms with E-state index in [0.29, 0.717) is 0 Å². The van der Waals surface area contributed by atoms with Gasteiger partial charge >= 0.3 is 5.69 Å². The van der Waals surface area contributed by atoms with Gasteiger partial charge in [-0.15, -0.1) is 0 Å². The molecule has 2 aromatic rings. The maximum Gasteiger partial charge on any atom is 0.309 e. The minimum atomic E-state index is -0.587. The summed E-state index contributed by atoms with van der Waals surface area (Å²) in [5, 5.41) is 27.9. The minimum absolute atomic E-state index is 0.125. The lowest BCUT2D eigenvalue weighted by atomic mass is 10.2. The molecule has 0 fully saturated rings. The van der Waals surface area contributed by atoms with Crippen molar-refractivity contribution in [2.75, 3.05) is 12.4 Å². The van der Waals surface area contributed by atoms with E-state index in [0.717, 1.165) is 10.9 Å². The van der Waals surface area contributed by atoms with Crippen LogP contribution in [0.3, 0.4) is 0 Å². The SMILES string of the molecule is COc1cc([N+](=O)[O-])ccc1NC(=O)Cn1cc([N+](=O)[O-])c(C)n1. The maximum atomic E-state index is 12.0. The number of nitro groups is 2. The van der Waals surface area contributed by atoms with Crippen molar-refractivity contribution in [1.82, 2.24) is 9.78 Å². The van der Waals surface area contributed by atoms with Gasteiger partial charge in [-0.3, -0.25) is 29.7 Å². The molecule has 0 radical (unpaired) electrons. The Morgan fingerprint density at radius 2 is 2.04 bits per heavy atom. The first-order valence-electron chi connectivity index (χ1n) is 6.62. The number of rotatable bonds is 6. The standard InChI is InChI=1S/C13H13N5O6/c1-8-11(18(22)23)6-16(15-8)7-13(19)14-10-4-3-9(17(20)21)5-12(10)24-2/h3-6H,7H2,1-2H3,(H,14,19). The molecule has 0 aliphatic heterocycles. The van der Waals surface area contributed by atoms with Crippen molar-refractivity contribution < 1.29 is 19.4 Å². The summed E-state index contributed by atoms with van der Waals surface area (Å²) in [4.78, 5) is 32.3. The lowest BCUT2D eigenvalue weighted by Crippen LogP contribution is -2.19. The summed E-state index contributed by atoms with van der Waals surface area (Å²) >= 11 is 0. The minimum Gasteiger partial charge on any atom is -0.494 e. The Balaban J connectivity index is 2.13. The number of nitrogens with one attached hydrogen (secondary N) is 1. The van der Waals surface area contributed by atoms with Gasteiger partial charge in [-0.05, 0) is 13.0 Å². The first kappa shape index (κ1) is 16.9. The second-order valence-corrected chi connectivity index (χ2v) is 4.74. The Morgan fingerprint density at radius 3 is 2.58 bits per heavy atom. The first-order valence-corrected chi connectivity index (χ1v) is 6.62. The fraction of sp³-hybridized carbons (Fsp3) is 0.231. The Morgan fingerprint density at radius 1 is 1.33 bits per heavy atom. The van der Waals surface area contributed by atoms with Crippen LogP contribution in [0.2, 0.25) is 0 Å². The number of hydrogen-bond donors (Lipinski definition) is 1. The average molecular weight is 335 g/mol. The number of anilines is 1. The zero-order chi connectivity index (χ0) is 17.9. The smallest absolute Gasteiger partial charge is 0.309 e. The van der Waals surface area contributed by atoms with Gasteiger partial charge in [0.1, 0.15) is 24.2 Å². The number of methoxy groups -OCH3 is 1. The number of amides is 1. The van der Waals surface area contributed by atoms with E-state index in [9.17, 15) is 25.0 Å². The normalized spacial score (nSPS) is 10.2. The molecule has 0 saturated carbocycles. The van der Waals surface area contributed by atoms with Crippen LogP contribution in [0.15, 0.2) is 24.4 Å². The molecule has 0 atom stereocenters. The highest BCUT2D eigenvalue weighted by Crippen LogP contribution is 2.29. The number of benzene rings is 1. The molecule has 1 N–H and O–H groups in total. The third kappa shape index (κ3) is 3.63. The number of aromatic nitrogens is 2. The van der Waals surface area contributed by atoms with E-state index in [4.69, 9.17) is 4.74 Å². The molecule has 0 saturated heterocycles. The molecule has 0 aliphatic rings. The topological polar surface area (TPSA) is 142 Å².